The molecule has 0 saturated carbocycles. The molecule has 3 atom stereocenters. The highest BCUT2D eigenvalue weighted by atomic mass is 32.2. The molecule has 30 heavy (non-hydrogen) atoms. The number of nitrogen functional groups attached to an aromatic ring is 1. The van der Waals surface area contributed by atoms with Crippen molar-refractivity contribution in [1.82, 2.24) is 0 Å². The fraction of sp³-hybridized carbons (Fsp3) is 0.500. The molecular formula is C24H34N2O3S. The van der Waals surface area contributed by atoms with Crippen LogP contribution in [0.25, 0.3) is 0 Å². The van der Waals surface area contributed by atoms with Gasteiger partial charge in [0.1, 0.15) is 0 Å². The van der Waals surface area contributed by atoms with Crippen molar-refractivity contribution in [1.29, 1.82) is 0 Å². The number of benzene rings is 2. The van der Waals surface area contributed by atoms with Gasteiger partial charge in [-0.2, -0.15) is 0 Å². The predicted molar refractivity (Wildman–Crippen MR) is 124 cm³/mol. The third-order valence-electron chi connectivity index (χ3n) is 6.60. The smallest absolute Gasteiger partial charge is 0.179 e. The topological polar surface area (TPSA) is 83.6 Å². The largest absolute Gasteiger partial charge is 0.399 e. The zero-order chi connectivity index (χ0) is 22.1. The molecule has 0 radical (unpaired) electrons. The van der Waals surface area contributed by atoms with Crippen molar-refractivity contribution in [3.63, 3.8) is 0 Å². The minimum atomic E-state index is -3.56. The highest BCUT2D eigenvalue weighted by Crippen LogP contribution is 2.49. The summed E-state index contributed by atoms with van der Waals surface area (Å²) in [5.74, 6) is -0.498. The van der Waals surface area contributed by atoms with Gasteiger partial charge in [0.2, 0.25) is 0 Å². The second kappa shape index (κ2) is 8.60. The molecule has 0 saturated heterocycles. The minimum Gasteiger partial charge on any atom is -0.399 e. The molecule has 6 heteroatoms. The minimum absolute atomic E-state index is 0.0369. The van der Waals surface area contributed by atoms with E-state index < -0.39 is 27.3 Å². The number of nitrogens with two attached hydrogens (primary N) is 1. The van der Waals surface area contributed by atoms with E-state index >= 15 is 0 Å². The molecule has 0 fully saturated rings. The summed E-state index contributed by atoms with van der Waals surface area (Å²) in [7, 11) is 0.289. The molecule has 1 aliphatic heterocycles. The lowest BCUT2D eigenvalue weighted by Gasteiger charge is -2.39. The average molecular weight is 431 g/mol. The van der Waals surface area contributed by atoms with Gasteiger partial charge in [0.05, 0.1) is 16.8 Å². The van der Waals surface area contributed by atoms with Gasteiger partial charge in [-0.15, -0.1) is 0 Å². The Bertz CT molecular complexity index is 1000. The average Bonchev–Trinajstić information content (AvgIpc) is 2.77. The summed E-state index contributed by atoms with van der Waals surface area (Å²) >= 11 is 0. The van der Waals surface area contributed by atoms with Crippen LogP contribution in [0.5, 0.6) is 0 Å². The fourth-order valence-electron chi connectivity index (χ4n) is 4.76. The highest BCUT2D eigenvalue weighted by molar-refractivity contribution is 7.91. The van der Waals surface area contributed by atoms with E-state index in [1.807, 2.05) is 62.3 Å². The van der Waals surface area contributed by atoms with E-state index in [0.717, 1.165) is 24.1 Å². The predicted octanol–water partition coefficient (Wildman–Crippen LogP) is 4.20. The number of anilines is 2. The van der Waals surface area contributed by atoms with Gasteiger partial charge in [-0.25, -0.2) is 8.42 Å². The van der Waals surface area contributed by atoms with Crippen LogP contribution in [-0.2, 0) is 9.84 Å². The zero-order valence-electron chi connectivity index (χ0n) is 18.4. The van der Waals surface area contributed by atoms with Crippen LogP contribution in [0.4, 0.5) is 11.4 Å². The van der Waals surface area contributed by atoms with E-state index in [2.05, 4.69) is 6.92 Å². The van der Waals surface area contributed by atoms with Gasteiger partial charge < -0.3 is 15.7 Å². The summed E-state index contributed by atoms with van der Waals surface area (Å²) in [6, 6.07) is 12.9. The maximum absolute atomic E-state index is 13.6. The van der Waals surface area contributed by atoms with Crippen LogP contribution in [-0.4, -0.2) is 39.5 Å². The zero-order valence-corrected chi connectivity index (χ0v) is 19.2. The number of sulfone groups is 1. The van der Waals surface area contributed by atoms with Crippen molar-refractivity contribution < 1.29 is 13.5 Å². The molecule has 164 valence electrons. The number of fused-ring (bicyclic) bond motifs is 1. The lowest BCUT2D eigenvalue weighted by Crippen LogP contribution is -2.42. The van der Waals surface area contributed by atoms with E-state index in [-0.39, 0.29) is 5.75 Å². The molecule has 5 nitrogen and oxygen atoms in total. The fourth-order valence-corrected chi connectivity index (χ4v) is 7.01. The van der Waals surface area contributed by atoms with Crippen LogP contribution in [0.15, 0.2) is 47.4 Å². The van der Waals surface area contributed by atoms with E-state index in [4.69, 9.17) is 5.73 Å². The molecule has 2 aromatic rings. The number of hydrogen-bond acceptors (Lipinski definition) is 5. The first kappa shape index (κ1) is 22.6. The Morgan fingerprint density at radius 3 is 2.50 bits per heavy atom. The van der Waals surface area contributed by atoms with Crippen molar-refractivity contribution in [3.05, 3.63) is 53.6 Å². The van der Waals surface area contributed by atoms with Crippen LogP contribution in [0, 0.1) is 5.41 Å². The summed E-state index contributed by atoms with van der Waals surface area (Å²) in [5.41, 5.74) is 8.39. The molecule has 1 heterocycles. The van der Waals surface area contributed by atoms with E-state index in [0.29, 0.717) is 29.0 Å². The molecule has 2 unspecified atom stereocenters. The molecule has 2 aromatic carbocycles. The normalized spacial score (nSPS) is 25.4. The summed E-state index contributed by atoms with van der Waals surface area (Å²) in [6.45, 7) is 4.08. The second-order valence-electron chi connectivity index (χ2n) is 8.79. The molecule has 0 aliphatic carbocycles. The number of hydrogen-bond donors (Lipinski definition) is 2. The van der Waals surface area contributed by atoms with E-state index in [9.17, 15) is 13.5 Å². The van der Waals surface area contributed by atoms with Crippen molar-refractivity contribution in [3.8, 4) is 0 Å². The molecule has 0 bridgehead atoms. The van der Waals surface area contributed by atoms with Crippen LogP contribution < -0.4 is 10.6 Å². The highest BCUT2D eigenvalue weighted by Gasteiger charge is 2.49. The van der Waals surface area contributed by atoms with Gasteiger partial charge in [-0.05, 0) is 54.3 Å². The number of nitrogens with zero attached hydrogens (tertiary/aromatic N) is 1. The summed E-state index contributed by atoms with van der Waals surface area (Å²) in [6.07, 6.45) is 2.27. The van der Waals surface area contributed by atoms with Crippen LogP contribution in [0.3, 0.4) is 0 Å². The quantitative estimate of drug-likeness (QED) is 0.671. The molecular weight excluding hydrogens is 396 g/mol. The Morgan fingerprint density at radius 2 is 1.90 bits per heavy atom. The van der Waals surface area contributed by atoms with Crippen LogP contribution in [0.2, 0.25) is 0 Å². The standard InChI is InChI=1S/C24H34N2O3S/c1-5-7-13-24(6-2)16-30(28,29)21-12-11-19(26(3)4)15-20(21)22(23(24)27)17-9-8-10-18(25)14-17/h8-12,14-15,22-23,27H,5-7,13,16,25H2,1-4H3/t22?,23?,24-/m1/s1. The molecule has 0 aromatic heterocycles. The number of aliphatic hydroxyl groups is 1. The third-order valence-corrected chi connectivity index (χ3v) is 8.60. The van der Waals surface area contributed by atoms with Crippen molar-refractivity contribution in [2.24, 2.45) is 5.41 Å². The van der Waals surface area contributed by atoms with Gasteiger partial charge in [-0.1, -0.05) is 38.8 Å². The summed E-state index contributed by atoms with van der Waals surface area (Å²) in [5, 5.41) is 11.8. The lowest BCUT2D eigenvalue weighted by molar-refractivity contribution is 0.0174. The first-order valence-electron chi connectivity index (χ1n) is 10.7. The summed E-state index contributed by atoms with van der Waals surface area (Å²) in [4.78, 5) is 2.27. The second-order valence-corrected chi connectivity index (χ2v) is 10.7. The van der Waals surface area contributed by atoms with Gasteiger partial charge in [-0.3, -0.25) is 0 Å². The maximum atomic E-state index is 13.6. The molecule has 3 N–H and O–H groups in total. The monoisotopic (exact) mass is 430 g/mol. The van der Waals surface area contributed by atoms with E-state index in [1.54, 1.807) is 6.07 Å². The van der Waals surface area contributed by atoms with E-state index in [1.165, 1.54) is 0 Å². The Balaban J connectivity index is 2.32. The Kier molecular flexibility index (Phi) is 6.48. The number of rotatable bonds is 6. The van der Waals surface area contributed by atoms with Crippen LogP contribution in [0.1, 0.15) is 56.6 Å². The van der Waals surface area contributed by atoms with Gasteiger partial charge in [0, 0.05) is 36.8 Å². The lowest BCUT2D eigenvalue weighted by atomic mass is 9.69. The molecule has 0 spiro atoms. The molecule has 3 rings (SSSR count). The van der Waals surface area contributed by atoms with Crippen molar-refractivity contribution in [2.45, 2.75) is 56.4 Å². The van der Waals surface area contributed by atoms with Crippen molar-refractivity contribution in [2.75, 3.05) is 30.5 Å². The van der Waals surface area contributed by atoms with Gasteiger partial charge >= 0.3 is 0 Å². The maximum Gasteiger partial charge on any atom is 0.179 e. The van der Waals surface area contributed by atoms with Crippen LogP contribution >= 0.6 is 0 Å². The third kappa shape index (κ3) is 4.08. The van der Waals surface area contributed by atoms with Crippen molar-refractivity contribution >= 4 is 21.2 Å². The SMILES string of the molecule is CCCC[C@]1(CC)CS(=O)(=O)c2ccc(N(C)C)cc2C(c2cccc(N)c2)C1O. The van der Waals surface area contributed by atoms with Gasteiger partial charge in [0.25, 0.3) is 0 Å². The Morgan fingerprint density at radius 1 is 1.17 bits per heavy atom. The number of aliphatic hydroxyl groups excluding tert-OH is 1. The first-order valence-corrected chi connectivity index (χ1v) is 12.4. The Labute approximate surface area is 180 Å². The summed E-state index contributed by atoms with van der Waals surface area (Å²) < 4.78 is 27.1. The number of unbranched alkanes of at least 4 members (excludes halogenated alkanes) is 1. The molecule has 1 aliphatic rings. The van der Waals surface area contributed by atoms with Gasteiger partial charge in [0.15, 0.2) is 9.84 Å². The molecule has 0 amide bonds. The Hall–Kier alpha value is -2.05. The first-order chi connectivity index (χ1) is 14.1.